The Morgan fingerprint density at radius 3 is 2.22 bits per heavy atom. The maximum absolute atomic E-state index is 2.47. The van der Waals surface area contributed by atoms with Crippen LogP contribution >= 0.6 is 0 Å². The standard InChI is InChI=1S/C27H28/c1-2-3-4-6-12-21-19-23-15-11-18-26(27(23)20-21)25-17-10-9-16-24(25)22-13-7-5-8-14-22/h5,7-11,13-18,20H,2-4,6,12,19H2,1H3. The van der Waals surface area contributed by atoms with Gasteiger partial charge in [0.1, 0.15) is 0 Å². The summed E-state index contributed by atoms with van der Waals surface area (Å²) < 4.78 is 0. The molecular formula is C27H28. The Kier molecular flexibility index (Phi) is 5.53. The second-order valence-electron chi connectivity index (χ2n) is 7.58. The maximum atomic E-state index is 2.47. The lowest BCUT2D eigenvalue weighted by atomic mass is 9.91. The number of hydrogen-bond donors (Lipinski definition) is 0. The first-order valence-corrected chi connectivity index (χ1v) is 10.3. The van der Waals surface area contributed by atoms with Crippen molar-refractivity contribution in [3.8, 4) is 22.3 Å². The third kappa shape index (κ3) is 3.90. The van der Waals surface area contributed by atoms with Crippen molar-refractivity contribution < 1.29 is 0 Å². The molecule has 3 aromatic rings. The van der Waals surface area contributed by atoms with Crippen LogP contribution in [0.1, 0.15) is 50.2 Å². The summed E-state index contributed by atoms with van der Waals surface area (Å²) in [5, 5.41) is 0. The number of rotatable bonds is 7. The Labute approximate surface area is 163 Å². The zero-order chi connectivity index (χ0) is 18.5. The summed E-state index contributed by atoms with van der Waals surface area (Å²) in [5.74, 6) is 0. The zero-order valence-electron chi connectivity index (χ0n) is 16.2. The van der Waals surface area contributed by atoms with Crippen molar-refractivity contribution in [1.82, 2.24) is 0 Å². The lowest BCUT2D eigenvalue weighted by molar-refractivity contribution is 0.662. The molecule has 1 aliphatic carbocycles. The molecule has 4 rings (SSSR count). The number of benzene rings is 3. The van der Waals surface area contributed by atoms with Crippen LogP contribution in [0.3, 0.4) is 0 Å². The van der Waals surface area contributed by atoms with Crippen molar-refractivity contribution in [3.63, 3.8) is 0 Å². The van der Waals surface area contributed by atoms with Crippen molar-refractivity contribution in [2.75, 3.05) is 0 Å². The van der Waals surface area contributed by atoms with Gasteiger partial charge < -0.3 is 0 Å². The van der Waals surface area contributed by atoms with Crippen LogP contribution in [0.25, 0.3) is 28.3 Å². The first-order chi connectivity index (χ1) is 13.4. The minimum atomic E-state index is 1.13. The highest BCUT2D eigenvalue weighted by atomic mass is 14.2. The van der Waals surface area contributed by atoms with E-state index < -0.39 is 0 Å². The monoisotopic (exact) mass is 352 g/mol. The van der Waals surface area contributed by atoms with Crippen LogP contribution in [-0.2, 0) is 6.42 Å². The molecule has 0 aromatic heterocycles. The van der Waals surface area contributed by atoms with Gasteiger partial charge in [-0.2, -0.15) is 0 Å². The summed E-state index contributed by atoms with van der Waals surface area (Å²) in [7, 11) is 0. The van der Waals surface area contributed by atoms with Crippen molar-refractivity contribution in [2.24, 2.45) is 0 Å². The second-order valence-corrected chi connectivity index (χ2v) is 7.58. The first-order valence-electron chi connectivity index (χ1n) is 10.3. The fraction of sp³-hybridized carbons (Fsp3) is 0.259. The molecule has 0 aliphatic heterocycles. The maximum Gasteiger partial charge on any atom is -0.00576 e. The highest BCUT2D eigenvalue weighted by Crippen LogP contribution is 2.39. The van der Waals surface area contributed by atoms with Crippen LogP contribution in [0.5, 0.6) is 0 Å². The molecule has 27 heavy (non-hydrogen) atoms. The minimum Gasteiger partial charge on any atom is -0.0654 e. The van der Waals surface area contributed by atoms with Crippen LogP contribution in [0, 0.1) is 0 Å². The fourth-order valence-electron chi connectivity index (χ4n) is 4.20. The van der Waals surface area contributed by atoms with E-state index in [2.05, 4.69) is 85.8 Å². The molecule has 0 fully saturated rings. The SMILES string of the molecule is CCCCCCC1=Cc2c(cccc2-c2ccccc2-c2ccccc2)C1. The molecule has 1 aliphatic rings. The van der Waals surface area contributed by atoms with Crippen LogP contribution in [-0.4, -0.2) is 0 Å². The Balaban J connectivity index is 1.68. The molecule has 0 spiro atoms. The summed E-state index contributed by atoms with van der Waals surface area (Å²) in [6.07, 6.45) is 10.2. The lowest BCUT2D eigenvalue weighted by Crippen LogP contribution is -1.90. The van der Waals surface area contributed by atoms with Crippen molar-refractivity contribution in [3.05, 3.63) is 89.5 Å². The van der Waals surface area contributed by atoms with Gasteiger partial charge in [0.15, 0.2) is 0 Å². The predicted molar refractivity (Wildman–Crippen MR) is 118 cm³/mol. The van der Waals surface area contributed by atoms with Gasteiger partial charge in [-0.15, -0.1) is 0 Å². The third-order valence-corrected chi connectivity index (χ3v) is 5.62. The molecule has 0 saturated carbocycles. The van der Waals surface area contributed by atoms with Crippen molar-refractivity contribution >= 4 is 6.08 Å². The highest BCUT2D eigenvalue weighted by Gasteiger charge is 2.18. The topological polar surface area (TPSA) is 0 Å². The quantitative estimate of drug-likeness (QED) is 0.379. The molecular weight excluding hydrogens is 324 g/mol. The van der Waals surface area contributed by atoms with Crippen molar-refractivity contribution in [2.45, 2.75) is 45.4 Å². The van der Waals surface area contributed by atoms with E-state index in [0.717, 1.165) is 6.42 Å². The molecule has 0 heteroatoms. The van der Waals surface area contributed by atoms with Crippen LogP contribution in [0.4, 0.5) is 0 Å². The van der Waals surface area contributed by atoms with Crippen LogP contribution in [0.2, 0.25) is 0 Å². The van der Waals surface area contributed by atoms with E-state index >= 15 is 0 Å². The molecule has 3 aromatic carbocycles. The molecule has 0 radical (unpaired) electrons. The Morgan fingerprint density at radius 2 is 1.41 bits per heavy atom. The summed E-state index contributed by atoms with van der Waals surface area (Å²) in [4.78, 5) is 0. The number of hydrogen-bond acceptors (Lipinski definition) is 0. The molecule has 0 unspecified atom stereocenters. The average Bonchev–Trinajstić information content (AvgIpc) is 3.15. The van der Waals surface area contributed by atoms with Crippen LogP contribution < -0.4 is 0 Å². The van der Waals surface area contributed by atoms with E-state index in [9.17, 15) is 0 Å². The number of fused-ring (bicyclic) bond motifs is 1. The molecule has 0 heterocycles. The second kappa shape index (κ2) is 8.39. The van der Waals surface area contributed by atoms with Gasteiger partial charge in [0, 0.05) is 0 Å². The molecule has 0 bridgehead atoms. The number of unbranched alkanes of at least 4 members (excludes halogenated alkanes) is 3. The van der Waals surface area contributed by atoms with Gasteiger partial charge in [0.25, 0.3) is 0 Å². The van der Waals surface area contributed by atoms with Gasteiger partial charge in [-0.1, -0.05) is 111 Å². The van der Waals surface area contributed by atoms with E-state index in [4.69, 9.17) is 0 Å². The van der Waals surface area contributed by atoms with Gasteiger partial charge in [0.2, 0.25) is 0 Å². The smallest absolute Gasteiger partial charge is 0.00576 e. The molecule has 0 amide bonds. The Hall–Kier alpha value is -2.60. The molecule has 0 nitrogen and oxygen atoms in total. The predicted octanol–water partition coefficient (Wildman–Crippen LogP) is 7.93. The zero-order valence-corrected chi connectivity index (χ0v) is 16.2. The average molecular weight is 353 g/mol. The largest absolute Gasteiger partial charge is 0.0654 e. The van der Waals surface area contributed by atoms with Crippen molar-refractivity contribution in [1.29, 1.82) is 0 Å². The van der Waals surface area contributed by atoms with Gasteiger partial charge in [-0.3, -0.25) is 0 Å². The highest BCUT2D eigenvalue weighted by molar-refractivity contribution is 5.89. The van der Waals surface area contributed by atoms with Gasteiger partial charge in [0.05, 0.1) is 0 Å². The van der Waals surface area contributed by atoms with E-state index in [1.807, 2.05) is 0 Å². The van der Waals surface area contributed by atoms with E-state index in [1.165, 1.54) is 65.5 Å². The third-order valence-electron chi connectivity index (χ3n) is 5.62. The van der Waals surface area contributed by atoms with Crippen LogP contribution in [0.15, 0.2) is 78.4 Å². The summed E-state index contributed by atoms with van der Waals surface area (Å²) in [6, 6.07) is 26.4. The Morgan fingerprint density at radius 1 is 0.667 bits per heavy atom. The lowest BCUT2D eigenvalue weighted by Gasteiger charge is -2.13. The molecule has 0 atom stereocenters. The Bertz CT molecular complexity index is 931. The summed E-state index contributed by atoms with van der Waals surface area (Å²) >= 11 is 0. The first kappa shape index (κ1) is 17.8. The van der Waals surface area contributed by atoms with E-state index in [-0.39, 0.29) is 0 Å². The molecule has 136 valence electrons. The minimum absolute atomic E-state index is 1.13. The van der Waals surface area contributed by atoms with Gasteiger partial charge in [-0.05, 0) is 52.6 Å². The van der Waals surface area contributed by atoms with E-state index in [1.54, 1.807) is 5.57 Å². The molecule has 0 N–H and O–H groups in total. The normalized spacial score (nSPS) is 12.7. The molecule has 0 saturated heterocycles. The summed E-state index contributed by atoms with van der Waals surface area (Å²) in [6.45, 7) is 2.28. The summed E-state index contributed by atoms with van der Waals surface area (Å²) in [5.41, 5.74) is 9.83. The fourth-order valence-corrected chi connectivity index (χ4v) is 4.20. The van der Waals surface area contributed by atoms with Gasteiger partial charge >= 0.3 is 0 Å². The van der Waals surface area contributed by atoms with Gasteiger partial charge in [-0.25, -0.2) is 0 Å². The number of allylic oxidation sites excluding steroid dienone is 1. The van der Waals surface area contributed by atoms with E-state index in [0.29, 0.717) is 0 Å².